The third-order valence-electron chi connectivity index (χ3n) is 5.73. The van der Waals surface area contributed by atoms with Gasteiger partial charge >= 0.3 is 12.1 Å². The highest BCUT2D eigenvalue weighted by molar-refractivity contribution is 6.02. The van der Waals surface area contributed by atoms with Crippen LogP contribution < -0.4 is 5.32 Å². The smallest absolute Gasteiger partial charge is 0.412 e. The number of carbonyl (C=O) groups excluding carboxylic acids is 2. The fourth-order valence-corrected chi connectivity index (χ4v) is 4.13. The van der Waals surface area contributed by atoms with Crippen LogP contribution in [0.15, 0.2) is 54.7 Å². The molecule has 0 bridgehead atoms. The van der Waals surface area contributed by atoms with Gasteiger partial charge < -0.3 is 14.7 Å². The Bertz CT molecular complexity index is 1170. The molecule has 2 aromatic carbocycles. The van der Waals surface area contributed by atoms with E-state index in [0.29, 0.717) is 0 Å². The zero-order valence-electron chi connectivity index (χ0n) is 18.3. The van der Waals surface area contributed by atoms with Crippen LogP contribution in [0, 0.1) is 0 Å². The van der Waals surface area contributed by atoms with E-state index in [2.05, 4.69) is 22.5 Å². The summed E-state index contributed by atoms with van der Waals surface area (Å²) in [4.78, 5) is 37.6. The van der Waals surface area contributed by atoms with Gasteiger partial charge in [0.15, 0.2) is 0 Å². The summed E-state index contributed by atoms with van der Waals surface area (Å²) in [5.41, 5.74) is 4.53. The second kappa shape index (κ2) is 9.15. The van der Waals surface area contributed by atoms with Gasteiger partial charge in [-0.3, -0.25) is 19.6 Å². The van der Waals surface area contributed by atoms with Crippen LogP contribution >= 0.6 is 0 Å². The molecule has 0 radical (unpaired) electrons. The molecule has 0 fully saturated rings. The molecule has 0 saturated carbocycles. The first kappa shape index (κ1) is 22.1. The number of benzene rings is 2. The number of nitrogens with zero attached hydrogens (tertiary/aromatic N) is 3. The van der Waals surface area contributed by atoms with Crippen LogP contribution in [-0.4, -0.2) is 57.5 Å². The number of ether oxygens (including phenoxy) is 1. The van der Waals surface area contributed by atoms with Crippen LogP contribution in [0.5, 0.6) is 0 Å². The molecule has 1 aromatic heterocycles. The van der Waals surface area contributed by atoms with Crippen molar-refractivity contribution in [3.05, 3.63) is 71.4 Å². The van der Waals surface area contributed by atoms with E-state index in [1.54, 1.807) is 14.0 Å². The first-order chi connectivity index (χ1) is 15.9. The molecular formula is C24H24N4O5. The van der Waals surface area contributed by atoms with Crippen molar-refractivity contribution in [2.45, 2.75) is 12.8 Å². The van der Waals surface area contributed by atoms with Gasteiger partial charge in [0.05, 0.1) is 6.20 Å². The number of aryl methyl sites for hydroxylation is 1. The molecule has 9 nitrogen and oxygen atoms in total. The van der Waals surface area contributed by atoms with Gasteiger partial charge in [-0.2, -0.15) is 5.10 Å². The maximum atomic E-state index is 12.8. The molecule has 2 N–H and O–H groups in total. The van der Waals surface area contributed by atoms with Gasteiger partial charge in [-0.15, -0.1) is 0 Å². The minimum atomic E-state index is -1.12. The second-order valence-corrected chi connectivity index (χ2v) is 7.69. The summed E-state index contributed by atoms with van der Waals surface area (Å²) in [7, 11) is 1.57. The molecular weight excluding hydrogens is 424 g/mol. The maximum absolute atomic E-state index is 12.8. The van der Waals surface area contributed by atoms with E-state index in [4.69, 9.17) is 9.84 Å². The monoisotopic (exact) mass is 448 g/mol. The lowest BCUT2D eigenvalue weighted by atomic mass is 9.98. The van der Waals surface area contributed by atoms with Crippen molar-refractivity contribution in [2.24, 2.45) is 7.05 Å². The lowest BCUT2D eigenvalue weighted by Crippen LogP contribution is -2.36. The maximum Gasteiger partial charge on any atom is 0.412 e. The number of rotatable bonds is 7. The van der Waals surface area contributed by atoms with Gasteiger partial charge in [-0.25, -0.2) is 4.79 Å². The van der Waals surface area contributed by atoms with Crippen LogP contribution in [0.2, 0.25) is 0 Å². The molecule has 1 aliphatic rings. The zero-order chi connectivity index (χ0) is 23.5. The molecule has 33 heavy (non-hydrogen) atoms. The van der Waals surface area contributed by atoms with E-state index in [-0.39, 0.29) is 30.5 Å². The van der Waals surface area contributed by atoms with E-state index in [1.807, 2.05) is 36.4 Å². The second-order valence-electron chi connectivity index (χ2n) is 7.69. The number of carbonyl (C=O) groups is 3. The topological polar surface area (TPSA) is 114 Å². The summed E-state index contributed by atoms with van der Waals surface area (Å²) < 4.78 is 6.88. The third-order valence-corrected chi connectivity index (χ3v) is 5.73. The largest absolute Gasteiger partial charge is 0.480 e. The average Bonchev–Trinajstić information content (AvgIpc) is 3.33. The molecule has 0 spiro atoms. The average molecular weight is 448 g/mol. The summed E-state index contributed by atoms with van der Waals surface area (Å²) in [5.74, 6) is -1.62. The van der Waals surface area contributed by atoms with Gasteiger partial charge in [0, 0.05) is 19.5 Å². The Kier molecular flexibility index (Phi) is 6.12. The molecule has 0 atom stereocenters. The normalized spacial score (nSPS) is 12.1. The fraction of sp³-hybridized carbons (Fsp3) is 0.250. The standard InChI is InChI=1S/C24H24N4O5/c1-3-28(13-21(29)30)23(31)19-12-25-27(2)22(19)26-24(32)33-14-20-17-10-6-4-8-15(17)16-9-5-7-11-18(16)20/h4-12,20H,3,13-14H2,1-2H3,(H,26,32)(H,29,30). The zero-order valence-corrected chi connectivity index (χ0v) is 18.3. The van der Waals surface area contributed by atoms with Gasteiger partial charge in [0.1, 0.15) is 24.5 Å². The highest BCUT2D eigenvalue weighted by Crippen LogP contribution is 2.44. The summed E-state index contributed by atoms with van der Waals surface area (Å²) in [5, 5.41) is 15.7. The van der Waals surface area contributed by atoms with E-state index < -0.39 is 24.5 Å². The summed E-state index contributed by atoms with van der Waals surface area (Å²) in [6.45, 7) is 1.55. The highest BCUT2D eigenvalue weighted by atomic mass is 16.5. The number of anilines is 1. The number of hydrogen-bond donors (Lipinski definition) is 2. The molecule has 9 heteroatoms. The quantitative estimate of drug-likeness (QED) is 0.573. The van der Waals surface area contributed by atoms with Crippen LogP contribution in [0.1, 0.15) is 34.3 Å². The summed E-state index contributed by atoms with van der Waals surface area (Å²) in [6.07, 6.45) is 0.571. The first-order valence-corrected chi connectivity index (χ1v) is 10.6. The van der Waals surface area contributed by atoms with Crippen LogP contribution in [-0.2, 0) is 16.6 Å². The van der Waals surface area contributed by atoms with Crippen molar-refractivity contribution in [3.63, 3.8) is 0 Å². The van der Waals surface area contributed by atoms with Crippen molar-refractivity contribution in [2.75, 3.05) is 25.0 Å². The van der Waals surface area contributed by atoms with Crippen LogP contribution in [0.3, 0.4) is 0 Å². The molecule has 3 aromatic rings. The van der Waals surface area contributed by atoms with Gasteiger partial charge in [0.25, 0.3) is 5.91 Å². The van der Waals surface area contributed by atoms with E-state index in [1.165, 1.54) is 10.9 Å². The van der Waals surface area contributed by atoms with Crippen molar-refractivity contribution in [1.82, 2.24) is 14.7 Å². The molecule has 1 aliphatic carbocycles. The number of carboxylic acids is 1. The Hall–Kier alpha value is -4.14. The third kappa shape index (κ3) is 4.30. The fourth-order valence-electron chi connectivity index (χ4n) is 4.13. The molecule has 170 valence electrons. The predicted octanol–water partition coefficient (Wildman–Crippen LogP) is 3.33. The van der Waals surface area contributed by atoms with Gasteiger partial charge in [0.2, 0.25) is 0 Å². The Morgan fingerprint density at radius 2 is 1.70 bits per heavy atom. The van der Waals surface area contributed by atoms with Gasteiger partial charge in [-0.05, 0) is 29.2 Å². The molecule has 4 rings (SSSR count). The SMILES string of the molecule is CCN(CC(=O)O)C(=O)c1cnn(C)c1NC(=O)OCC1c2ccccc2-c2ccccc21. The molecule has 0 saturated heterocycles. The highest BCUT2D eigenvalue weighted by Gasteiger charge is 2.29. The predicted molar refractivity (Wildman–Crippen MR) is 121 cm³/mol. The number of aliphatic carboxylic acids is 1. The van der Waals surface area contributed by atoms with E-state index >= 15 is 0 Å². The number of hydrogen-bond acceptors (Lipinski definition) is 5. The first-order valence-electron chi connectivity index (χ1n) is 10.6. The minimum absolute atomic E-state index is 0.0918. The van der Waals surface area contributed by atoms with Gasteiger partial charge in [-0.1, -0.05) is 48.5 Å². The van der Waals surface area contributed by atoms with E-state index in [9.17, 15) is 14.4 Å². The van der Waals surface area contributed by atoms with Crippen molar-refractivity contribution >= 4 is 23.8 Å². The number of fused-ring (bicyclic) bond motifs is 3. The van der Waals surface area contributed by atoms with Crippen molar-refractivity contribution < 1.29 is 24.2 Å². The van der Waals surface area contributed by atoms with Crippen molar-refractivity contribution in [1.29, 1.82) is 0 Å². The number of amides is 2. The Morgan fingerprint density at radius 1 is 1.09 bits per heavy atom. The number of likely N-dealkylation sites (N-methyl/N-ethyl adjacent to an activating group) is 1. The Morgan fingerprint density at radius 3 is 2.27 bits per heavy atom. The van der Waals surface area contributed by atoms with E-state index in [0.717, 1.165) is 27.2 Å². The lowest BCUT2D eigenvalue weighted by molar-refractivity contribution is -0.137. The summed E-state index contributed by atoms with van der Waals surface area (Å²) in [6, 6.07) is 16.1. The Balaban J connectivity index is 1.48. The van der Waals surface area contributed by atoms with Crippen molar-refractivity contribution in [3.8, 4) is 11.1 Å². The number of aromatic nitrogens is 2. The Labute approximate surface area is 190 Å². The number of carboxylic acid groups (broad SMARTS) is 1. The minimum Gasteiger partial charge on any atom is -0.480 e. The van der Waals surface area contributed by atoms with Crippen LogP contribution in [0.4, 0.5) is 10.6 Å². The molecule has 0 aliphatic heterocycles. The molecule has 1 heterocycles. The molecule has 2 amide bonds. The van der Waals surface area contributed by atoms with Crippen LogP contribution in [0.25, 0.3) is 11.1 Å². The number of nitrogens with one attached hydrogen (secondary N) is 1. The molecule has 0 unspecified atom stereocenters. The lowest BCUT2D eigenvalue weighted by Gasteiger charge is -2.19. The summed E-state index contributed by atoms with van der Waals surface area (Å²) >= 11 is 0.